The van der Waals surface area contributed by atoms with Gasteiger partial charge in [-0.05, 0) is 7.05 Å². The van der Waals surface area contributed by atoms with E-state index in [4.69, 9.17) is 9.84 Å². The zero-order chi connectivity index (χ0) is 8.81. The number of hydrogen-bond donors (Lipinski definition) is 1. The number of piperazine rings is 1. The maximum absolute atomic E-state index is 8.39. The fourth-order valence-electron chi connectivity index (χ4n) is 1.33. The molecule has 0 spiro atoms. The minimum Gasteiger partial charge on any atom is -0.371 e. The summed E-state index contributed by atoms with van der Waals surface area (Å²) < 4.78 is 4.86. The SMILES string of the molecule is CN1CCN(CCOCO)CC1. The maximum atomic E-state index is 8.39. The largest absolute Gasteiger partial charge is 0.371 e. The Bertz CT molecular complexity index is 114. The molecule has 0 radical (unpaired) electrons. The van der Waals surface area contributed by atoms with Gasteiger partial charge in [-0.15, -0.1) is 0 Å². The molecule has 1 fully saturated rings. The Labute approximate surface area is 73.7 Å². The number of aliphatic hydroxyl groups is 1. The van der Waals surface area contributed by atoms with Crippen LogP contribution in [0.3, 0.4) is 0 Å². The van der Waals surface area contributed by atoms with Crippen LogP contribution in [-0.2, 0) is 4.74 Å². The van der Waals surface area contributed by atoms with E-state index in [2.05, 4.69) is 16.8 Å². The number of likely N-dealkylation sites (N-methyl/N-ethyl adjacent to an activating group) is 1. The summed E-state index contributed by atoms with van der Waals surface area (Å²) in [5.74, 6) is 0. The molecule has 1 heterocycles. The summed E-state index contributed by atoms with van der Waals surface area (Å²) in [6.07, 6.45) is 0. The first-order valence-electron chi connectivity index (χ1n) is 4.42. The number of aliphatic hydroxyl groups excluding tert-OH is 1. The molecule has 0 aliphatic carbocycles. The molecule has 1 N–H and O–H groups in total. The Morgan fingerprint density at radius 3 is 2.50 bits per heavy atom. The Kier molecular flexibility index (Phi) is 4.53. The Hall–Kier alpha value is -0.160. The first kappa shape index (κ1) is 9.92. The molecule has 0 aromatic rings. The smallest absolute Gasteiger partial charge is 0.143 e. The second kappa shape index (κ2) is 5.48. The first-order valence-corrected chi connectivity index (χ1v) is 4.42. The van der Waals surface area contributed by atoms with Gasteiger partial charge >= 0.3 is 0 Å². The van der Waals surface area contributed by atoms with E-state index in [0.717, 1.165) is 32.7 Å². The van der Waals surface area contributed by atoms with Gasteiger partial charge in [0.2, 0.25) is 0 Å². The van der Waals surface area contributed by atoms with Gasteiger partial charge in [-0.2, -0.15) is 0 Å². The fourth-order valence-corrected chi connectivity index (χ4v) is 1.33. The molecule has 1 saturated heterocycles. The normalized spacial score (nSPS) is 21.5. The van der Waals surface area contributed by atoms with Crippen molar-refractivity contribution in [1.82, 2.24) is 9.80 Å². The number of rotatable bonds is 4. The summed E-state index contributed by atoms with van der Waals surface area (Å²) in [5, 5.41) is 8.39. The van der Waals surface area contributed by atoms with E-state index in [9.17, 15) is 0 Å². The van der Waals surface area contributed by atoms with Crippen LogP contribution in [0.4, 0.5) is 0 Å². The first-order chi connectivity index (χ1) is 5.83. The van der Waals surface area contributed by atoms with Crippen molar-refractivity contribution in [2.45, 2.75) is 0 Å². The second-order valence-electron chi connectivity index (χ2n) is 3.18. The standard InChI is InChI=1S/C8H18N2O2/c1-9-2-4-10(5-3-9)6-7-12-8-11/h11H,2-8H2,1H3. The highest BCUT2D eigenvalue weighted by atomic mass is 16.6. The van der Waals surface area contributed by atoms with E-state index >= 15 is 0 Å². The minimum absolute atomic E-state index is 0.159. The van der Waals surface area contributed by atoms with Crippen LogP contribution in [0.15, 0.2) is 0 Å². The van der Waals surface area contributed by atoms with Crippen molar-refractivity contribution in [3.8, 4) is 0 Å². The molecule has 0 unspecified atom stereocenters. The van der Waals surface area contributed by atoms with Crippen LogP contribution in [0, 0.1) is 0 Å². The Balaban J connectivity index is 2.01. The Morgan fingerprint density at radius 1 is 1.25 bits per heavy atom. The van der Waals surface area contributed by atoms with Gasteiger partial charge in [0.05, 0.1) is 6.61 Å². The molecule has 12 heavy (non-hydrogen) atoms. The fraction of sp³-hybridized carbons (Fsp3) is 1.00. The lowest BCUT2D eigenvalue weighted by Crippen LogP contribution is -2.45. The number of ether oxygens (including phenoxy) is 1. The van der Waals surface area contributed by atoms with E-state index in [1.807, 2.05) is 0 Å². The monoisotopic (exact) mass is 174 g/mol. The molecule has 1 aliphatic heterocycles. The number of hydrogen-bond acceptors (Lipinski definition) is 4. The third kappa shape index (κ3) is 3.49. The van der Waals surface area contributed by atoms with Crippen LogP contribution < -0.4 is 0 Å². The lowest BCUT2D eigenvalue weighted by atomic mass is 10.3. The highest BCUT2D eigenvalue weighted by molar-refractivity contribution is 4.68. The molecule has 0 bridgehead atoms. The van der Waals surface area contributed by atoms with Gasteiger partial charge in [0.25, 0.3) is 0 Å². The van der Waals surface area contributed by atoms with Crippen molar-refractivity contribution >= 4 is 0 Å². The highest BCUT2D eigenvalue weighted by Gasteiger charge is 2.12. The summed E-state index contributed by atoms with van der Waals surface area (Å²) in [4.78, 5) is 4.68. The average molecular weight is 174 g/mol. The average Bonchev–Trinajstić information content (AvgIpc) is 2.09. The zero-order valence-corrected chi connectivity index (χ0v) is 7.70. The van der Waals surface area contributed by atoms with Crippen LogP contribution in [-0.4, -0.2) is 68.1 Å². The molecule has 1 aliphatic rings. The van der Waals surface area contributed by atoms with Crippen molar-refractivity contribution in [1.29, 1.82) is 0 Å². The van der Waals surface area contributed by atoms with Gasteiger partial charge < -0.3 is 14.7 Å². The van der Waals surface area contributed by atoms with Gasteiger partial charge in [0.1, 0.15) is 6.79 Å². The van der Waals surface area contributed by atoms with Crippen molar-refractivity contribution < 1.29 is 9.84 Å². The van der Waals surface area contributed by atoms with Crippen LogP contribution in [0.25, 0.3) is 0 Å². The molecule has 0 amide bonds. The summed E-state index contributed by atoms with van der Waals surface area (Å²) in [6, 6.07) is 0. The van der Waals surface area contributed by atoms with Gasteiger partial charge in [-0.25, -0.2) is 0 Å². The van der Waals surface area contributed by atoms with Crippen molar-refractivity contribution in [3.63, 3.8) is 0 Å². The molecular weight excluding hydrogens is 156 g/mol. The van der Waals surface area contributed by atoms with Gasteiger partial charge in [0, 0.05) is 32.7 Å². The quantitative estimate of drug-likeness (QED) is 0.447. The molecule has 4 heteroatoms. The van der Waals surface area contributed by atoms with E-state index in [0.29, 0.717) is 6.61 Å². The van der Waals surface area contributed by atoms with E-state index in [-0.39, 0.29) is 6.79 Å². The van der Waals surface area contributed by atoms with Crippen LogP contribution >= 0.6 is 0 Å². The Morgan fingerprint density at radius 2 is 1.92 bits per heavy atom. The van der Waals surface area contributed by atoms with E-state index in [1.54, 1.807) is 0 Å². The summed E-state index contributed by atoms with van der Waals surface area (Å²) in [6.45, 7) is 5.93. The summed E-state index contributed by atoms with van der Waals surface area (Å²) >= 11 is 0. The molecule has 1 rings (SSSR count). The molecule has 0 saturated carbocycles. The van der Waals surface area contributed by atoms with Gasteiger partial charge in [0.15, 0.2) is 0 Å². The van der Waals surface area contributed by atoms with E-state index < -0.39 is 0 Å². The molecule has 0 atom stereocenters. The van der Waals surface area contributed by atoms with Crippen molar-refractivity contribution in [3.05, 3.63) is 0 Å². The van der Waals surface area contributed by atoms with Crippen molar-refractivity contribution in [2.24, 2.45) is 0 Å². The molecule has 0 aromatic carbocycles. The zero-order valence-electron chi connectivity index (χ0n) is 7.70. The van der Waals surface area contributed by atoms with Crippen LogP contribution in [0.5, 0.6) is 0 Å². The lowest BCUT2D eigenvalue weighted by Gasteiger charge is -2.32. The minimum atomic E-state index is -0.159. The number of nitrogens with zero attached hydrogens (tertiary/aromatic N) is 2. The molecular formula is C8H18N2O2. The summed E-state index contributed by atoms with van der Waals surface area (Å²) in [5.41, 5.74) is 0. The van der Waals surface area contributed by atoms with Crippen molar-refractivity contribution in [2.75, 3.05) is 53.2 Å². The predicted octanol–water partition coefficient (Wildman–Crippen LogP) is -0.800. The van der Waals surface area contributed by atoms with Gasteiger partial charge in [-0.1, -0.05) is 0 Å². The predicted molar refractivity (Wildman–Crippen MR) is 47.0 cm³/mol. The van der Waals surface area contributed by atoms with Gasteiger partial charge in [-0.3, -0.25) is 4.90 Å². The molecule has 72 valence electrons. The molecule has 4 nitrogen and oxygen atoms in total. The second-order valence-corrected chi connectivity index (χ2v) is 3.18. The topological polar surface area (TPSA) is 35.9 Å². The lowest BCUT2D eigenvalue weighted by molar-refractivity contribution is -0.0133. The summed E-state index contributed by atoms with van der Waals surface area (Å²) in [7, 11) is 2.14. The maximum Gasteiger partial charge on any atom is 0.143 e. The molecule has 0 aromatic heterocycles. The third-order valence-corrected chi connectivity index (χ3v) is 2.24. The highest BCUT2D eigenvalue weighted by Crippen LogP contribution is 1.97. The third-order valence-electron chi connectivity index (χ3n) is 2.24. The van der Waals surface area contributed by atoms with Crippen LogP contribution in [0.2, 0.25) is 0 Å². The van der Waals surface area contributed by atoms with E-state index in [1.165, 1.54) is 0 Å². The van der Waals surface area contributed by atoms with Crippen LogP contribution in [0.1, 0.15) is 0 Å².